The number of carboxylic acid groups (broad SMARTS) is 1. The van der Waals surface area contributed by atoms with E-state index < -0.39 is 10.9 Å². The summed E-state index contributed by atoms with van der Waals surface area (Å²) >= 11 is 0. The highest BCUT2D eigenvalue weighted by atomic mass is 16.6. The lowest BCUT2D eigenvalue weighted by molar-refractivity contribution is -0.384. The minimum Gasteiger partial charge on any atom is -0.484 e. The van der Waals surface area contributed by atoms with Crippen LogP contribution in [0.3, 0.4) is 0 Å². The Labute approximate surface area is 171 Å². The number of nitro benzene ring substituents is 1. The van der Waals surface area contributed by atoms with E-state index in [9.17, 15) is 24.5 Å². The van der Waals surface area contributed by atoms with E-state index in [-0.39, 0.29) is 35.2 Å². The number of piperazine rings is 1. The predicted octanol–water partition coefficient (Wildman–Crippen LogP) is 1.66. The van der Waals surface area contributed by atoms with Gasteiger partial charge in [-0.05, 0) is 30.3 Å². The van der Waals surface area contributed by atoms with Crippen LogP contribution < -0.4 is 4.74 Å². The number of nitro groups is 1. The van der Waals surface area contributed by atoms with Crippen LogP contribution in [-0.4, -0.2) is 70.4 Å². The van der Waals surface area contributed by atoms with E-state index in [1.807, 2.05) is 0 Å². The maximum absolute atomic E-state index is 12.6. The molecule has 0 saturated carbocycles. The molecule has 0 atom stereocenters. The first-order valence-electron chi connectivity index (χ1n) is 9.13. The fourth-order valence-corrected chi connectivity index (χ4v) is 3.03. The smallest absolute Gasteiger partial charge is 0.335 e. The molecule has 30 heavy (non-hydrogen) atoms. The lowest BCUT2D eigenvalue weighted by Gasteiger charge is -2.34. The molecule has 10 nitrogen and oxygen atoms in total. The topological polar surface area (TPSA) is 130 Å². The fourth-order valence-electron chi connectivity index (χ4n) is 3.03. The third kappa shape index (κ3) is 4.90. The fraction of sp³-hybridized carbons (Fsp3) is 0.250. The van der Waals surface area contributed by atoms with Crippen molar-refractivity contribution in [2.24, 2.45) is 0 Å². The molecule has 1 saturated heterocycles. The highest BCUT2D eigenvalue weighted by Gasteiger charge is 2.25. The average molecular weight is 413 g/mol. The van der Waals surface area contributed by atoms with Gasteiger partial charge in [-0.1, -0.05) is 6.07 Å². The molecule has 0 radical (unpaired) electrons. The zero-order valence-corrected chi connectivity index (χ0v) is 15.9. The van der Waals surface area contributed by atoms with Crippen molar-refractivity contribution in [2.45, 2.75) is 0 Å². The van der Waals surface area contributed by atoms with Gasteiger partial charge in [-0.25, -0.2) is 4.79 Å². The van der Waals surface area contributed by atoms with Crippen molar-refractivity contribution >= 4 is 23.5 Å². The maximum Gasteiger partial charge on any atom is 0.335 e. The monoisotopic (exact) mass is 413 g/mol. The number of amides is 2. The number of carboxylic acids is 1. The van der Waals surface area contributed by atoms with Crippen molar-refractivity contribution in [1.29, 1.82) is 0 Å². The summed E-state index contributed by atoms with van der Waals surface area (Å²) in [6.45, 7) is 1.07. The Morgan fingerprint density at radius 3 is 2.17 bits per heavy atom. The predicted molar refractivity (Wildman–Crippen MR) is 104 cm³/mol. The van der Waals surface area contributed by atoms with Crippen LogP contribution in [0.1, 0.15) is 20.7 Å². The second-order valence-electron chi connectivity index (χ2n) is 6.60. The Bertz CT molecular complexity index is 967. The average Bonchev–Trinajstić information content (AvgIpc) is 2.77. The number of benzene rings is 2. The summed E-state index contributed by atoms with van der Waals surface area (Å²) < 4.78 is 5.38. The van der Waals surface area contributed by atoms with Gasteiger partial charge in [0.05, 0.1) is 10.5 Å². The maximum atomic E-state index is 12.6. The summed E-state index contributed by atoms with van der Waals surface area (Å²) in [4.78, 5) is 49.3. The largest absolute Gasteiger partial charge is 0.484 e. The van der Waals surface area contributed by atoms with Gasteiger partial charge in [0.25, 0.3) is 17.5 Å². The van der Waals surface area contributed by atoms with Gasteiger partial charge in [0.1, 0.15) is 5.75 Å². The van der Waals surface area contributed by atoms with Gasteiger partial charge in [0.15, 0.2) is 6.61 Å². The van der Waals surface area contributed by atoms with Gasteiger partial charge >= 0.3 is 5.97 Å². The highest BCUT2D eigenvalue weighted by molar-refractivity contribution is 5.97. The van der Waals surface area contributed by atoms with Crippen molar-refractivity contribution in [2.75, 3.05) is 32.8 Å². The minimum absolute atomic E-state index is 0.0399. The van der Waals surface area contributed by atoms with Gasteiger partial charge in [0.2, 0.25) is 0 Å². The lowest BCUT2D eigenvalue weighted by Crippen LogP contribution is -2.51. The quantitative estimate of drug-likeness (QED) is 0.563. The third-order valence-electron chi connectivity index (χ3n) is 4.69. The summed E-state index contributed by atoms with van der Waals surface area (Å²) in [5.74, 6) is -1.30. The molecule has 1 fully saturated rings. The molecule has 0 unspecified atom stereocenters. The second-order valence-corrected chi connectivity index (χ2v) is 6.60. The second kappa shape index (κ2) is 9.03. The molecule has 0 aliphatic carbocycles. The Morgan fingerprint density at radius 1 is 0.967 bits per heavy atom. The van der Waals surface area contributed by atoms with Crippen LogP contribution in [0.15, 0.2) is 48.5 Å². The number of ether oxygens (including phenoxy) is 1. The Hall–Kier alpha value is -3.95. The molecule has 1 N–H and O–H groups in total. The van der Waals surface area contributed by atoms with Crippen LogP contribution >= 0.6 is 0 Å². The summed E-state index contributed by atoms with van der Waals surface area (Å²) in [6, 6.07) is 11.3. The Morgan fingerprint density at radius 2 is 1.57 bits per heavy atom. The molecule has 2 amide bonds. The first-order valence-corrected chi connectivity index (χ1v) is 9.13. The van der Waals surface area contributed by atoms with Gasteiger partial charge in [-0.3, -0.25) is 19.7 Å². The number of aromatic carboxylic acids is 1. The number of carbonyl (C=O) groups is 3. The number of carbonyl (C=O) groups excluding carboxylic acids is 2. The Kier molecular flexibility index (Phi) is 6.26. The standard InChI is InChI=1S/C20H19N3O7/c24-18(13-30-17-6-4-16(5-7-17)23(28)29)21-8-10-22(11-9-21)19(25)14-2-1-3-15(12-14)20(26)27/h1-7,12H,8-11,13H2,(H,26,27). The van der Waals surface area contributed by atoms with E-state index in [4.69, 9.17) is 9.84 Å². The molecule has 156 valence electrons. The molecule has 1 aliphatic rings. The third-order valence-corrected chi connectivity index (χ3v) is 4.69. The first-order chi connectivity index (χ1) is 14.3. The molecule has 2 aromatic rings. The number of nitrogens with zero attached hydrogens (tertiary/aromatic N) is 3. The minimum atomic E-state index is -1.10. The van der Waals surface area contributed by atoms with Crippen molar-refractivity contribution < 1.29 is 29.2 Å². The molecular weight excluding hydrogens is 394 g/mol. The van der Waals surface area contributed by atoms with Crippen LogP contribution in [0.2, 0.25) is 0 Å². The lowest BCUT2D eigenvalue weighted by atomic mass is 10.1. The van der Waals surface area contributed by atoms with Gasteiger partial charge in [-0.2, -0.15) is 0 Å². The van der Waals surface area contributed by atoms with Gasteiger partial charge in [-0.15, -0.1) is 0 Å². The summed E-state index contributed by atoms with van der Waals surface area (Å²) in [5.41, 5.74) is 0.262. The van der Waals surface area contributed by atoms with Crippen LogP contribution in [0.4, 0.5) is 5.69 Å². The molecule has 0 spiro atoms. The highest BCUT2D eigenvalue weighted by Crippen LogP contribution is 2.17. The molecule has 1 aliphatic heterocycles. The van der Waals surface area contributed by atoms with E-state index in [1.165, 1.54) is 42.5 Å². The normalized spacial score (nSPS) is 13.6. The van der Waals surface area contributed by atoms with Crippen LogP contribution in [0.25, 0.3) is 0 Å². The number of non-ortho nitro benzene ring substituents is 1. The van der Waals surface area contributed by atoms with E-state index in [2.05, 4.69) is 0 Å². The van der Waals surface area contributed by atoms with Crippen LogP contribution in [0.5, 0.6) is 5.75 Å². The van der Waals surface area contributed by atoms with E-state index in [0.29, 0.717) is 31.9 Å². The molecule has 1 heterocycles. The molecular formula is C20H19N3O7. The molecule has 0 aromatic heterocycles. The van der Waals surface area contributed by atoms with Gasteiger partial charge in [0, 0.05) is 43.9 Å². The zero-order valence-electron chi connectivity index (χ0n) is 15.9. The summed E-state index contributed by atoms with van der Waals surface area (Å²) in [5, 5.41) is 19.7. The molecule has 10 heteroatoms. The number of rotatable bonds is 6. The first kappa shape index (κ1) is 20.8. The van der Waals surface area contributed by atoms with Crippen LogP contribution in [-0.2, 0) is 4.79 Å². The van der Waals surface area contributed by atoms with E-state index in [0.717, 1.165) is 0 Å². The van der Waals surface area contributed by atoms with Crippen LogP contribution in [0, 0.1) is 10.1 Å². The summed E-state index contributed by atoms with van der Waals surface area (Å²) in [7, 11) is 0. The molecule has 2 aromatic carbocycles. The van der Waals surface area contributed by atoms with Crippen molar-refractivity contribution in [3.05, 3.63) is 69.8 Å². The zero-order chi connectivity index (χ0) is 21.7. The number of hydrogen-bond donors (Lipinski definition) is 1. The Balaban J connectivity index is 1.50. The van der Waals surface area contributed by atoms with Crippen molar-refractivity contribution in [3.63, 3.8) is 0 Å². The van der Waals surface area contributed by atoms with Gasteiger partial charge < -0.3 is 19.6 Å². The molecule has 3 rings (SSSR count). The van der Waals surface area contributed by atoms with Crippen molar-refractivity contribution in [3.8, 4) is 5.75 Å². The summed E-state index contributed by atoms with van der Waals surface area (Å²) in [6.07, 6.45) is 0. The SMILES string of the molecule is O=C(O)c1cccc(C(=O)N2CCN(C(=O)COc3ccc([N+](=O)[O-])cc3)CC2)c1. The number of hydrogen-bond acceptors (Lipinski definition) is 6. The van der Waals surface area contributed by atoms with Crippen molar-refractivity contribution in [1.82, 2.24) is 9.80 Å². The molecule has 0 bridgehead atoms. The van der Waals surface area contributed by atoms with E-state index in [1.54, 1.807) is 15.9 Å². The van der Waals surface area contributed by atoms with E-state index >= 15 is 0 Å².